The number of hydrogen-bond acceptors (Lipinski definition) is 4. The monoisotopic (exact) mass is 303 g/mol. The maximum atomic E-state index is 11.9. The Labute approximate surface area is 121 Å². The molecule has 0 amide bonds. The molecule has 2 heterocycles. The lowest BCUT2D eigenvalue weighted by Crippen LogP contribution is -2.47. The van der Waals surface area contributed by atoms with Crippen molar-refractivity contribution < 1.29 is 17.9 Å². The van der Waals surface area contributed by atoms with Gasteiger partial charge in [-0.1, -0.05) is 0 Å². The van der Waals surface area contributed by atoms with Gasteiger partial charge in [-0.15, -0.1) is 0 Å². The first-order valence-corrected chi connectivity index (χ1v) is 9.37. The van der Waals surface area contributed by atoms with Crippen molar-refractivity contribution in [1.29, 1.82) is 0 Å². The second-order valence-electron chi connectivity index (χ2n) is 6.40. The zero-order valence-corrected chi connectivity index (χ0v) is 13.0. The lowest BCUT2D eigenvalue weighted by molar-refractivity contribution is -0.0340. The van der Waals surface area contributed by atoms with E-state index in [0.29, 0.717) is 19.7 Å². The van der Waals surface area contributed by atoms with Crippen molar-refractivity contribution in [3.05, 3.63) is 0 Å². The molecule has 1 spiro atoms. The van der Waals surface area contributed by atoms with Crippen LogP contribution in [0.4, 0.5) is 0 Å². The second-order valence-corrected chi connectivity index (χ2v) is 8.65. The molecule has 3 aliphatic rings. The highest BCUT2D eigenvalue weighted by Gasteiger charge is 2.44. The molecule has 3 rings (SSSR count). The fourth-order valence-electron chi connectivity index (χ4n) is 3.17. The van der Waals surface area contributed by atoms with Crippen molar-refractivity contribution in [1.82, 2.24) is 4.31 Å². The summed E-state index contributed by atoms with van der Waals surface area (Å²) in [6.07, 6.45) is 5.36. The molecular weight excluding hydrogens is 278 g/mol. The molecule has 0 aromatic carbocycles. The summed E-state index contributed by atoms with van der Waals surface area (Å²) in [6.45, 7) is 4.43. The van der Waals surface area contributed by atoms with E-state index in [1.165, 1.54) is 12.8 Å². The Kier molecular flexibility index (Phi) is 4.10. The predicted octanol–water partition coefficient (Wildman–Crippen LogP) is 1.39. The first-order valence-electron chi connectivity index (χ1n) is 7.76. The molecular formula is C14H25NO4S. The molecule has 3 fully saturated rings. The Hall–Kier alpha value is -0.170. The van der Waals surface area contributed by atoms with Crippen molar-refractivity contribution >= 4 is 10.0 Å². The van der Waals surface area contributed by atoms with E-state index in [1.54, 1.807) is 11.2 Å². The Morgan fingerprint density at radius 2 is 2.00 bits per heavy atom. The van der Waals surface area contributed by atoms with E-state index in [4.69, 9.17) is 9.47 Å². The van der Waals surface area contributed by atoms with Gasteiger partial charge < -0.3 is 9.47 Å². The van der Waals surface area contributed by atoms with Crippen molar-refractivity contribution in [2.45, 2.75) is 50.7 Å². The van der Waals surface area contributed by atoms with Gasteiger partial charge in [0, 0.05) is 26.1 Å². The summed E-state index contributed by atoms with van der Waals surface area (Å²) in [6, 6.07) is 0. The Bertz CT molecular complexity index is 438. The van der Waals surface area contributed by atoms with Gasteiger partial charge in [-0.25, -0.2) is 12.7 Å². The van der Waals surface area contributed by atoms with Crippen LogP contribution in [0.3, 0.4) is 0 Å². The molecule has 0 N–H and O–H groups in total. The fourth-order valence-corrected chi connectivity index (χ4v) is 4.27. The molecule has 6 heteroatoms. The molecule has 0 aromatic heterocycles. The van der Waals surface area contributed by atoms with Crippen LogP contribution < -0.4 is 0 Å². The first kappa shape index (κ1) is 14.8. The van der Waals surface area contributed by atoms with Crippen LogP contribution in [0.25, 0.3) is 0 Å². The first-order chi connectivity index (χ1) is 9.53. The normalized spacial score (nSPS) is 30.9. The minimum atomic E-state index is -3.05. The van der Waals surface area contributed by atoms with Gasteiger partial charge in [-0.2, -0.15) is 0 Å². The molecule has 1 atom stereocenters. The molecule has 2 saturated heterocycles. The number of piperidine rings is 1. The van der Waals surface area contributed by atoms with Crippen LogP contribution in [-0.2, 0) is 19.5 Å². The lowest BCUT2D eigenvalue weighted by Gasteiger charge is -2.37. The molecule has 0 radical (unpaired) electrons. The number of hydrogen-bond donors (Lipinski definition) is 0. The van der Waals surface area contributed by atoms with Crippen molar-refractivity contribution in [2.75, 3.05) is 32.1 Å². The van der Waals surface area contributed by atoms with Gasteiger partial charge in [-0.3, -0.25) is 0 Å². The molecule has 0 unspecified atom stereocenters. The van der Waals surface area contributed by atoms with E-state index >= 15 is 0 Å². The van der Waals surface area contributed by atoms with E-state index in [0.717, 1.165) is 31.8 Å². The average molecular weight is 303 g/mol. The van der Waals surface area contributed by atoms with Gasteiger partial charge >= 0.3 is 0 Å². The largest absolute Gasteiger partial charge is 0.375 e. The van der Waals surface area contributed by atoms with Gasteiger partial charge in [-0.05, 0) is 38.5 Å². The summed E-state index contributed by atoms with van der Waals surface area (Å²) >= 11 is 0. The SMILES string of the molecule is CCS(=O)(=O)N1CCC2(CC1)C[C@H](OCC1CC1)CO2. The molecule has 20 heavy (non-hydrogen) atoms. The van der Waals surface area contributed by atoms with Crippen LogP contribution >= 0.6 is 0 Å². The third-order valence-corrected chi connectivity index (χ3v) is 6.71. The maximum Gasteiger partial charge on any atom is 0.213 e. The van der Waals surface area contributed by atoms with Gasteiger partial charge in [0.25, 0.3) is 0 Å². The van der Waals surface area contributed by atoms with E-state index in [-0.39, 0.29) is 17.5 Å². The Morgan fingerprint density at radius 1 is 1.30 bits per heavy atom. The highest BCUT2D eigenvalue weighted by atomic mass is 32.2. The summed E-state index contributed by atoms with van der Waals surface area (Å²) in [7, 11) is -3.05. The average Bonchev–Trinajstić information content (AvgIpc) is 3.20. The van der Waals surface area contributed by atoms with Gasteiger partial charge in [0.2, 0.25) is 10.0 Å². The molecule has 1 saturated carbocycles. The third-order valence-electron chi connectivity index (χ3n) is 4.83. The number of ether oxygens (including phenoxy) is 2. The van der Waals surface area contributed by atoms with E-state index in [9.17, 15) is 8.42 Å². The zero-order chi connectivity index (χ0) is 14.2. The third kappa shape index (κ3) is 3.18. The van der Waals surface area contributed by atoms with Gasteiger partial charge in [0.15, 0.2) is 0 Å². The summed E-state index contributed by atoms with van der Waals surface area (Å²) in [5.74, 6) is 0.969. The second kappa shape index (κ2) is 5.55. The standard InChI is InChI=1S/C14H25NO4S/c1-2-20(16,17)15-7-5-14(6-8-15)9-13(11-19-14)18-10-12-3-4-12/h12-13H,2-11H2,1H3/t13-/m0/s1. The number of rotatable bonds is 5. The molecule has 2 aliphatic heterocycles. The zero-order valence-electron chi connectivity index (χ0n) is 12.2. The Balaban J connectivity index is 1.49. The topological polar surface area (TPSA) is 55.8 Å². The van der Waals surface area contributed by atoms with Crippen molar-refractivity contribution in [2.24, 2.45) is 5.92 Å². The van der Waals surface area contributed by atoms with E-state index < -0.39 is 10.0 Å². The summed E-state index contributed by atoms with van der Waals surface area (Å²) in [5.41, 5.74) is -0.131. The molecule has 5 nitrogen and oxygen atoms in total. The van der Waals surface area contributed by atoms with Crippen LogP contribution in [-0.4, -0.2) is 56.5 Å². The van der Waals surface area contributed by atoms with Crippen molar-refractivity contribution in [3.8, 4) is 0 Å². The van der Waals surface area contributed by atoms with Crippen molar-refractivity contribution in [3.63, 3.8) is 0 Å². The summed E-state index contributed by atoms with van der Waals surface area (Å²) < 4.78 is 37.3. The highest BCUT2D eigenvalue weighted by Crippen LogP contribution is 2.38. The summed E-state index contributed by atoms with van der Waals surface area (Å²) in [4.78, 5) is 0. The van der Waals surface area contributed by atoms with Crippen LogP contribution in [0.15, 0.2) is 0 Å². The molecule has 0 bridgehead atoms. The van der Waals surface area contributed by atoms with Crippen LogP contribution in [0.5, 0.6) is 0 Å². The minimum Gasteiger partial charge on any atom is -0.375 e. The van der Waals surface area contributed by atoms with Crippen LogP contribution in [0.2, 0.25) is 0 Å². The number of sulfonamides is 1. The smallest absolute Gasteiger partial charge is 0.213 e. The quantitative estimate of drug-likeness (QED) is 0.770. The van der Waals surface area contributed by atoms with E-state index in [1.807, 2.05) is 0 Å². The van der Waals surface area contributed by atoms with Gasteiger partial charge in [0.05, 0.1) is 24.1 Å². The fraction of sp³-hybridized carbons (Fsp3) is 1.00. The minimum absolute atomic E-state index is 0.131. The predicted molar refractivity (Wildman–Crippen MR) is 76.0 cm³/mol. The van der Waals surface area contributed by atoms with Gasteiger partial charge in [0.1, 0.15) is 0 Å². The van der Waals surface area contributed by atoms with Crippen LogP contribution in [0.1, 0.15) is 39.0 Å². The summed E-state index contributed by atoms with van der Waals surface area (Å²) in [5, 5.41) is 0. The molecule has 0 aromatic rings. The van der Waals surface area contributed by atoms with Crippen LogP contribution in [0, 0.1) is 5.92 Å². The highest BCUT2D eigenvalue weighted by molar-refractivity contribution is 7.89. The molecule has 1 aliphatic carbocycles. The Morgan fingerprint density at radius 3 is 2.60 bits per heavy atom. The molecule has 116 valence electrons. The lowest BCUT2D eigenvalue weighted by atomic mass is 9.89. The van der Waals surface area contributed by atoms with E-state index in [2.05, 4.69) is 0 Å². The number of nitrogens with zero attached hydrogens (tertiary/aromatic N) is 1. The maximum absolute atomic E-state index is 11.9.